The predicted octanol–water partition coefficient (Wildman–Crippen LogP) is 3.78. The third-order valence-corrected chi connectivity index (χ3v) is 5.97. The third kappa shape index (κ3) is 5.58. The molecular formula is C20H28N6OS. The molecule has 1 aromatic carbocycles. The standard InChI is InChI=1S/C20H28N6OS/c1-14(28-15(2)18(27)26-12-8-3-4-9-13-26)17-23-19(21)25-20(24-17)22-16-10-6-5-7-11-16/h5-7,10-11,14-15H,3-4,8-9,12-13H2,1-2H3,(H3,21,22,23,24,25)/t14-,15+/m1/s1. The number of aromatic nitrogens is 3. The van der Waals surface area contributed by atoms with E-state index in [0.717, 1.165) is 31.6 Å². The number of amides is 1. The number of rotatable bonds is 6. The van der Waals surface area contributed by atoms with Crippen molar-refractivity contribution in [2.45, 2.75) is 50.0 Å². The topological polar surface area (TPSA) is 97.0 Å². The van der Waals surface area contributed by atoms with Crippen LogP contribution in [0.5, 0.6) is 0 Å². The number of hydrogen-bond acceptors (Lipinski definition) is 7. The van der Waals surface area contributed by atoms with Gasteiger partial charge in [0.25, 0.3) is 0 Å². The van der Waals surface area contributed by atoms with E-state index >= 15 is 0 Å². The zero-order valence-corrected chi connectivity index (χ0v) is 17.3. The number of carbonyl (C=O) groups is 1. The largest absolute Gasteiger partial charge is 0.368 e. The monoisotopic (exact) mass is 400 g/mol. The minimum absolute atomic E-state index is 0.0763. The van der Waals surface area contributed by atoms with E-state index in [0.29, 0.717) is 11.8 Å². The van der Waals surface area contributed by atoms with Gasteiger partial charge >= 0.3 is 0 Å². The lowest BCUT2D eigenvalue weighted by molar-refractivity contribution is -0.130. The first-order valence-corrected chi connectivity index (χ1v) is 10.7. The van der Waals surface area contributed by atoms with Gasteiger partial charge in [-0.2, -0.15) is 15.0 Å². The van der Waals surface area contributed by atoms with Gasteiger partial charge < -0.3 is 16.0 Å². The van der Waals surface area contributed by atoms with Crippen LogP contribution in [0.2, 0.25) is 0 Å². The molecule has 0 radical (unpaired) electrons. The summed E-state index contributed by atoms with van der Waals surface area (Å²) in [7, 11) is 0. The molecule has 1 aromatic heterocycles. The van der Waals surface area contributed by atoms with E-state index in [-0.39, 0.29) is 22.4 Å². The summed E-state index contributed by atoms with van der Waals surface area (Å²) >= 11 is 1.56. The van der Waals surface area contributed by atoms with E-state index in [1.165, 1.54) is 12.8 Å². The van der Waals surface area contributed by atoms with Gasteiger partial charge in [0.1, 0.15) is 5.82 Å². The van der Waals surface area contributed by atoms with Crippen molar-refractivity contribution >= 4 is 35.3 Å². The summed E-state index contributed by atoms with van der Waals surface area (Å²) < 4.78 is 0. The maximum absolute atomic E-state index is 12.8. The molecule has 1 saturated heterocycles. The summed E-state index contributed by atoms with van der Waals surface area (Å²) in [5.41, 5.74) is 6.77. The predicted molar refractivity (Wildman–Crippen MR) is 114 cm³/mol. The quantitative estimate of drug-likeness (QED) is 0.761. The first-order valence-electron chi connectivity index (χ1n) is 9.80. The van der Waals surface area contributed by atoms with Crippen LogP contribution in [-0.4, -0.2) is 44.1 Å². The molecule has 1 fully saturated rings. The minimum Gasteiger partial charge on any atom is -0.368 e. The molecule has 0 saturated carbocycles. The van der Waals surface area contributed by atoms with Gasteiger partial charge in [0.05, 0.1) is 10.5 Å². The number of hydrogen-bond donors (Lipinski definition) is 2. The molecule has 0 bridgehead atoms. The maximum Gasteiger partial charge on any atom is 0.235 e. The summed E-state index contributed by atoms with van der Waals surface area (Å²) in [5.74, 6) is 1.35. The summed E-state index contributed by atoms with van der Waals surface area (Å²) in [4.78, 5) is 27.8. The zero-order valence-electron chi connectivity index (χ0n) is 16.5. The average Bonchev–Trinajstić information content (AvgIpc) is 2.97. The van der Waals surface area contributed by atoms with Crippen molar-refractivity contribution in [1.82, 2.24) is 19.9 Å². The van der Waals surface area contributed by atoms with E-state index in [9.17, 15) is 4.79 Å². The summed E-state index contributed by atoms with van der Waals surface area (Å²) in [6, 6.07) is 9.67. The number of nitrogens with one attached hydrogen (secondary N) is 1. The summed E-state index contributed by atoms with van der Waals surface area (Å²) in [6.07, 6.45) is 4.61. The average molecular weight is 401 g/mol. The highest BCUT2D eigenvalue weighted by atomic mass is 32.2. The second-order valence-corrected chi connectivity index (χ2v) is 8.71. The molecule has 3 rings (SSSR count). The van der Waals surface area contributed by atoms with Crippen molar-refractivity contribution in [3.63, 3.8) is 0 Å². The second-order valence-electron chi connectivity index (χ2n) is 7.03. The molecule has 1 amide bonds. The van der Waals surface area contributed by atoms with Gasteiger partial charge in [0, 0.05) is 18.8 Å². The van der Waals surface area contributed by atoms with E-state index in [2.05, 4.69) is 20.3 Å². The normalized spacial score (nSPS) is 16.9. The number of likely N-dealkylation sites (tertiary alicyclic amines) is 1. The Hall–Kier alpha value is -2.35. The lowest BCUT2D eigenvalue weighted by Crippen LogP contribution is -2.37. The molecule has 7 nitrogen and oxygen atoms in total. The van der Waals surface area contributed by atoms with E-state index in [1.807, 2.05) is 49.1 Å². The highest BCUT2D eigenvalue weighted by molar-refractivity contribution is 8.00. The Kier molecular flexibility index (Phi) is 7.08. The van der Waals surface area contributed by atoms with Gasteiger partial charge in [-0.3, -0.25) is 4.79 Å². The fourth-order valence-electron chi connectivity index (χ4n) is 3.27. The minimum atomic E-state index is -0.156. The fraction of sp³-hybridized carbons (Fsp3) is 0.500. The molecule has 1 aliphatic heterocycles. The smallest absolute Gasteiger partial charge is 0.235 e. The molecule has 2 aromatic rings. The number of anilines is 3. The number of thioether (sulfide) groups is 1. The fourth-order valence-corrected chi connectivity index (χ4v) is 4.38. The highest BCUT2D eigenvalue weighted by Gasteiger charge is 2.25. The van der Waals surface area contributed by atoms with Gasteiger partial charge in [-0.25, -0.2) is 0 Å². The van der Waals surface area contributed by atoms with Crippen LogP contribution >= 0.6 is 11.8 Å². The van der Waals surface area contributed by atoms with E-state index in [1.54, 1.807) is 11.8 Å². The Morgan fingerprint density at radius 3 is 2.43 bits per heavy atom. The highest BCUT2D eigenvalue weighted by Crippen LogP contribution is 2.31. The molecule has 2 heterocycles. The van der Waals surface area contributed by atoms with Crippen LogP contribution in [0.25, 0.3) is 0 Å². The molecule has 0 unspecified atom stereocenters. The van der Waals surface area contributed by atoms with Crippen molar-refractivity contribution in [1.29, 1.82) is 0 Å². The number of nitrogens with two attached hydrogens (primary N) is 1. The van der Waals surface area contributed by atoms with Gasteiger partial charge in [0.15, 0.2) is 0 Å². The molecule has 2 atom stereocenters. The number of carbonyl (C=O) groups excluding carboxylic acids is 1. The van der Waals surface area contributed by atoms with Crippen LogP contribution in [0.15, 0.2) is 30.3 Å². The van der Waals surface area contributed by atoms with Crippen molar-refractivity contribution in [3.05, 3.63) is 36.2 Å². The van der Waals surface area contributed by atoms with Crippen molar-refractivity contribution < 1.29 is 4.79 Å². The number of para-hydroxylation sites is 1. The SMILES string of the molecule is C[C@H](S[C@H](C)c1nc(N)nc(Nc2ccccc2)n1)C(=O)N1CCCCCC1. The Bertz CT molecular complexity index is 780. The Morgan fingerprint density at radius 1 is 1.07 bits per heavy atom. The first-order chi connectivity index (χ1) is 13.5. The van der Waals surface area contributed by atoms with Crippen LogP contribution in [0.1, 0.15) is 50.6 Å². The first kappa shape index (κ1) is 20.4. The molecule has 0 spiro atoms. The molecule has 3 N–H and O–H groups in total. The maximum atomic E-state index is 12.8. The molecule has 1 aliphatic rings. The summed E-state index contributed by atoms with van der Waals surface area (Å²) in [6.45, 7) is 5.68. The lowest BCUT2D eigenvalue weighted by Gasteiger charge is -2.25. The van der Waals surface area contributed by atoms with Gasteiger partial charge in [-0.1, -0.05) is 31.0 Å². The Balaban J connectivity index is 1.66. The van der Waals surface area contributed by atoms with Gasteiger partial charge in [-0.15, -0.1) is 11.8 Å². The molecule has 28 heavy (non-hydrogen) atoms. The zero-order chi connectivity index (χ0) is 19.9. The number of nitrogens with zero attached hydrogens (tertiary/aromatic N) is 4. The number of benzene rings is 1. The van der Waals surface area contributed by atoms with E-state index in [4.69, 9.17) is 5.73 Å². The molecule has 0 aliphatic carbocycles. The molecular weight excluding hydrogens is 372 g/mol. The lowest BCUT2D eigenvalue weighted by atomic mass is 10.2. The van der Waals surface area contributed by atoms with Crippen LogP contribution in [0.3, 0.4) is 0 Å². The van der Waals surface area contributed by atoms with Crippen LogP contribution in [-0.2, 0) is 4.79 Å². The van der Waals surface area contributed by atoms with Gasteiger partial charge in [-0.05, 0) is 38.8 Å². The second kappa shape index (κ2) is 9.73. The van der Waals surface area contributed by atoms with Crippen molar-refractivity contribution in [3.8, 4) is 0 Å². The van der Waals surface area contributed by atoms with Crippen LogP contribution < -0.4 is 11.1 Å². The van der Waals surface area contributed by atoms with Crippen LogP contribution in [0, 0.1) is 0 Å². The summed E-state index contributed by atoms with van der Waals surface area (Å²) in [5, 5.41) is 2.92. The van der Waals surface area contributed by atoms with Crippen molar-refractivity contribution in [2.75, 3.05) is 24.1 Å². The number of nitrogen functional groups attached to an aromatic ring is 1. The third-order valence-electron chi connectivity index (χ3n) is 4.74. The molecule has 150 valence electrons. The Labute approximate surface area is 170 Å². The van der Waals surface area contributed by atoms with E-state index < -0.39 is 0 Å². The van der Waals surface area contributed by atoms with Crippen LogP contribution in [0.4, 0.5) is 17.6 Å². The molecule has 8 heteroatoms. The Morgan fingerprint density at radius 2 is 1.75 bits per heavy atom. The van der Waals surface area contributed by atoms with Gasteiger partial charge in [0.2, 0.25) is 17.8 Å². The van der Waals surface area contributed by atoms with Crippen molar-refractivity contribution in [2.24, 2.45) is 0 Å².